The summed E-state index contributed by atoms with van der Waals surface area (Å²) in [6.07, 6.45) is 6.96. The summed E-state index contributed by atoms with van der Waals surface area (Å²) in [7, 11) is 0. The van der Waals surface area contributed by atoms with Gasteiger partial charge in [0.15, 0.2) is 0 Å². The molecule has 0 spiro atoms. The van der Waals surface area contributed by atoms with Crippen molar-refractivity contribution in [1.82, 2.24) is 4.90 Å². The number of hydrogen-bond acceptors (Lipinski definition) is 2. The number of nitrogens with two attached hydrogens (primary N) is 1. The summed E-state index contributed by atoms with van der Waals surface area (Å²) in [5, 5.41) is 0. The van der Waals surface area contributed by atoms with Crippen molar-refractivity contribution >= 4 is 5.91 Å². The van der Waals surface area contributed by atoms with Crippen LogP contribution >= 0.6 is 0 Å². The summed E-state index contributed by atoms with van der Waals surface area (Å²) in [6.45, 7) is 3.88. The van der Waals surface area contributed by atoms with Gasteiger partial charge < -0.3 is 10.6 Å². The summed E-state index contributed by atoms with van der Waals surface area (Å²) in [5.74, 6) is 1.56. The molecule has 0 aromatic rings. The van der Waals surface area contributed by atoms with Crippen LogP contribution in [0.4, 0.5) is 0 Å². The molecule has 3 nitrogen and oxygen atoms in total. The van der Waals surface area contributed by atoms with Crippen LogP contribution in [0, 0.1) is 11.8 Å². The largest absolute Gasteiger partial charge is 0.341 e. The predicted molar refractivity (Wildman–Crippen MR) is 64.9 cm³/mol. The smallest absolute Gasteiger partial charge is 0.222 e. The van der Waals surface area contributed by atoms with Gasteiger partial charge in [-0.1, -0.05) is 19.8 Å². The van der Waals surface area contributed by atoms with Crippen LogP contribution in [0.2, 0.25) is 0 Å². The number of carbonyl (C=O) groups is 1. The Hall–Kier alpha value is -0.570. The van der Waals surface area contributed by atoms with Gasteiger partial charge in [-0.2, -0.15) is 0 Å². The fraction of sp³-hybridized carbons (Fsp3) is 0.923. The molecule has 1 heterocycles. The van der Waals surface area contributed by atoms with E-state index in [9.17, 15) is 4.79 Å². The summed E-state index contributed by atoms with van der Waals surface area (Å²) in [5.41, 5.74) is 5.97. The van der Waals surface area contributed by atoms with Gasteiger partial charge in [0, 0.05) is 25.6 Å². The fourth-order valence-electron chi connectivity index (χ4n) is 3.19. The first-order valence-electron chi connectivity index (χ1n) is 6.68. The van der Waals surface area contributed by atoms with Crippen molar-refractivity contribution in [2.45, 2.75) is 51.5 Å². The lowest BCUT2D eigenvalue weighted by Crippen LogP contribution is -2.49. The Kier molecular flexibility index (Phi) is 3.85. The summed E-state index contributed by atoms with van der Waals surface area (Å²) >= 11 is 0. The molecule has 92 valence electrons. The molecular weight excluding hydrogens is 200 g/mol. The number of nitrogens with zero attached hydrogens (tertiary/aromatic N) is 1. The van der Waals surface area contributed by atoms with E-state index in [0.717, 1.165) is 25.9 Å². The van der Waals surface area contributed by atoms with Crippen molar-refractivity contribution < 1.29 is 4.79 Å². The SMILES string of the molecule is CC1CC(N)CN(C(=O)CC2CCCC2)C1. The lowest BCUT2D eigenvalue weighted by molar-refractivity contribution is -0.134. The van der Waals surface area contributed by atoms with E-state index in [-0.39, 0.29) is 6.04 Å². The third kappa shape index (κ3) is 2.97. The van der Waals surface area contributed by atoms with Crippen LogP contribution in [0.25, 0.3) is 0 Å². The molecule has 2 rings (SSSR count). The van der Waals surface area contributed by atoms with Gasteiger partial charge in [0.05, 0.1) is 0 Å². The monoisotopic (exact) mass is 224 g/mol. The summed E-state index contributed by atoms with van der Waals surface area (Å²) in [4.78, 5) is 14.1. The summed E-state index contributed by atoms with van der Waals surface area (Å²) < 4.78 is 0. The third-order valence-electron chi connectivity index (χ3n) is 3.98. The zero-order chi connectivity index (χ0) is 11.5. The van der Waals surface area contributed by atoms with E-state index >= 15 is 0 Å². The summed E-state index contributed by atoms with van der Waals surface area (Å²) in [6, 6.07) is 0.191. The van der Waals surface area contributed by atoms with Crippen molar-refractivity contribution in [3.8, 4) is 0 Å². The van der Waals surface area contributed by atoms with Gasteiger partial charge in [0.1, 0.15) is 0 Å². The van der Waals surface area contributed by atoms with Gasteiger partial charge in [0.2, 0.25) is 5.91 Å². The molecule has 1 aliphatic carbocycles. The first kappa shape index (κ1) is 11.9. The van der Waals surface area contributed by atoms with Crippen molar-refractivity contribution in [3.63, 3.8) is 0 Å². The second kappa shape index (κ2) is 5.17. The van der Waals surface area contributed by atoms with Crippen LogP contribution in [0.3, 0.4) is 0 Å². The van der Waals surface area contributed by atoms with Gasteiger partial charge >= 0.3 is 0 Å². The van der Waals surface area contributed by atoms with E-state index in [1.807, 2.05) is 4.90 Å². The standard InChI is InChI=1S/C13H24N2O/c1-10-6-12(14)9-15(8-10)13(16)7-11-4-2-3-5-11/h10-12H,2-9,14H2,1H3. The zero-order valence-electron chi connectivity index (χ0n) is 10.3. The Morgan fingerprint density at radius 1 is 1.31 bits per heavy atom. The Labute approximate surface area is 98.4 Å². The van der Waals surface area contributed by atoms with E-state index < -0.39 is 0 Å². The minimum absolute atomic E-state index is 0.191. The maximum absolute atomic E-state index is 12.1. The lowest BCUT2D eigenvalue weighted by atomic mass is 9.95. The highest BCUT2D eigenvalue weighted by atomic mass is 16.2. The minimum atomic E-state index is 0.191. The van der Waals surface area contributed by atoms with Gasteiger partial charge in [-0.15, -0.1) is 0 Å². The average Bonchev–Trinajstić information content (AvgIpc) is 2.68. The number of piperidine rings is 1. The number of hydrogen-bond donors (Lipinski definition) is 1. The van der Waals surface area contributed by atoms with Gasteiger partial charge in [0.25, 0.3) is 0 Å². The van der Waals surface area contributed by atoms with Gasteiger partial charge in [-0.05, 0) is 31.1 Å². The van der Waals surface area contributed by atoms with Crippen molar-refractivity contribution in [2.24, 2.45) is 17.6 Å². The molecule has 3 heteroatoms. The fourth-order valence-corrected chi connectivity index (χ4v) is 3.19. The quantitative estimate of drug-likeness (QED) is 0.777. The first-order valence-corrected chi connectivity index (χ1v) is 6.68. The number of amides is 1. The van der Waals surface area contributed by atoms with Crippen LogP contribution in [-0.2, 0) is 4.79 Å². The molecule has 1 amide bonds. The van der Waals surface area contributed by atoms with Crippen molar-refractivity contribution in [2.75, 3.05) is 13.1 Å². The highest BCUT2D eigenvalue weighted by Gasteiger charge is 2.27. The average molecular weight is 224 g/mol. The first-order chi connectivity index (χ1) is 7.65. The topological polar surface area (TPSA) is 46.3 Å². The predicted octanol–water partition coefficient (Wildman–Crippen LogP) is 1.76. The van der Waals surface area contributed by atoms with Crippen LogP contribution in [0.5, 0.6) is 0 Å². The molecule has 0 aromatic carbocycles. The normalized spacial score (nSPS) is 32.0. The maximum atomic E-state index is 12.1. The molecular formula is C13H24N2O. The molecule has 1 aliphatic heterocycles. The Morgan fingerprint density at radius 2 is 2.00 bits per heavy atom. The van der Waals surface area contributed by atoms with Gasteiger partial charge in [-0.3, -0.25) is 4.79 Å². The third-order valence-corrected chi connectivity index (χ3v) is 3.98. The van der Waals surface area contributed by atoms with Crippen LogP contribution < -0.4 is 5.73 Å². The van der Waals surface area contributed by atoms with Crippen molar-refractivity contribution in [3.05, 3.63) is 0 Å². The second-order valence-corrected chi connectivity index (χ2v) is 5.75. The van der Waals surface area contributed by atoms with Crippen LogP contribution in [0.15, 0.2) is 0 Å². The van der Waals surface area contributed by atoms with Crippen LogP contribution in [-0.4, -0.2) is 29.9 Å². The minimum Gasteiger partial charge on any atom is -0.341 e. The number of carbonyl (C=O) groups excluding carboxylic acids is 1. The van der Waals surface area contributed by atoms with E-state index in [2.05, 4.69) is 6.92 Å². The molecule has 0 aromatic heterocycles. The molecule has 2 unspecified atom stereocenters. The molecule has 2 N–H and O–H groups in total. The highest BCUT2D eigenvalue weighted by Crippen LogP contribution is 2.28. The van der Waals surface area contributed by atoms with E-state index in [1.54, 1.807) is 0 Å². The molecule has 1 saturated heterocycles. The number of likely N-dealkylation sites (tertiary alicyclic amines) is 1. The van der Waals surface area contributed by atoms with E-state index in [1.165, 1.54) is 25.7 Å². The molecule has 1 saturated carbocycles. The van der Waals surface area contributed by atoms with Crippen LogP contribution in [0.1, 0.15) is 45.4 Å². The molecule has 0 radical (unpaired) electrons. The van der Waals surface area contributed by atoms with Crippen molar-refractivity contribution in [1.29, 1.82) is 0 Å². The van der Waals surface area contributed by atoms with Gasteiger partial charge in [-0.25, -0.2) is 0 Å². The van der Waals surface area contributed by atoms with E-state index in [0.29, 0.717) is 17.7 Å². The molecule has 0 bridgehead atoms. The maximum Gasteiger partial charge on any atom is 0.222 e. The Balaban J connectivity index is 1.83. The molecule has 2 aliphatic rings. The molecule has 2 atom stereocenters. The second-order valence-electron chi connectivity index (χ2n) is 5.75. The highest BCUT2D eigenvalue weighted by molar-refractivity contribution is 5.76. The zero-order valence-corrected chi connectivity index (χ0v) is 10.3. The molecule has 16 heavy (non-hydrogen) atoms. The van der Waals surface area contributed by atoms with E-state index in [4.69, 9.17) is 5.73 Å². The lowest BCUT2D eigenvalue weighted by Gasteiger charge is -2.35. The molecule has 2 fully saturated rings. The Bertz CT molecular complexity index is 238. The number of rotatable bonds is 2. The Morgan fingerprint density at radius 3 is 2.62 bits per heavy atom.